The predicted octanol–water partition coefficient (Wildman–Crippen LogP) is 1.19. The first-order valence-corrected chi connectivity index (χ1v) is 2.77. The molecule has 0 radical (unpaired) electrons. The number of nitrogens with zero attached hydrogens (tertiary/aromatic N) is 1. The molecule has 0 rings (SSSR count). The number of hydrogen-bond donors (Lipinski definition) is 1. The van der Waals surface area contributed by atoms with Crippen LogP contribution < -0.4 is 5.43 Å². The smallest absolute Gasteiger partial charge is 0.430 e. The first-order chi connectivity index (χ1) is 4.45. The number of ether oxygens (including phenoxy) is 1. The zero-order chi connectivity index (χ0) is 8.20. The minimum absolute atomic E-state index is 0.589. The Kier molecular flexibility index (Phi) is 2.79. The Hall–Kier alpha value is -1.13. The highest BCUT2D eigenvalue weighted by atomic mass is 16.6. The second-order valence-electron chi connectivity index (χ2n) is 2.70. The molecule has 0 fully saturated rings. The maximum absolute atomic E-state index is 10.4. The van der Waals surface area contributed by atoms with Gasteiger partial charge >= 0.3 is 6.09 Å². The molecular weight excluding hydrogens is 136 g/mol. The summed E-state index contributed by atoms with van der Waals surface area (Å²) in [6.45, 7) is 5.08. The van der Waals surface area contributed by atoms with E-state index in [0.717, 1.165) is 0 Å². The van der Waals surface area contributed by atoms with Gasteiger partial charge in [0.1, 0.15) is 5.60 Å². The lowest BCUT2D eigenvalue weighted by Crippen LogP contribution is -2.29. The molecule has 1 N–H and O–H groups in total. The summed E-state index contributed by atoms with van der Waals surface area (Å²) >= 11 is 0. The molecule has 0 saturated heterocycles. The van der Waals surface area contributed by atoms with Gasteiger partial charge in [0.05, 0.1) is 5.29 Å². The second kappa shape index (κ2) is 3.14. The molecule has 0 bridgehead atoms. The lowest BCUT2D eigenvalue weighted by Gasteiger charge is -2.17. The van der Waals surface area contributed by atoms with Gasteiger partial charge in [0, 0.05) is 0 Å². The highest BCUT2D eigenvalue weighted by Crippen LogP contribution is 2.05. The molecule has 0 aromatic rings. The van der Waals surface area contributed by atoms with Crippen LogP contribution in [0.2, 0.25) is 0 Å². The Morgan fingerprint density at radius 3 is 2.30 bits per heavy atom. The lowest BCUT2D eigenvalue weighted by atomic mass is 10.2. The molecule has 5 heteroatoms. The molecule has 1 amide bonds. The van der Waals surface area contributed by atoms with Crippen LogP contribution in [-0.4, -0.2) is 11.7 Å². The third-order valence-electron chi connectivity index (χ3n) is 0.536. The van der Waals surface area contributed by atoms with Crippen molar-refractivity contribution in [1.82, 2.24) is 5.43 Å². The highest BCUT2D eigenvalue weighted by Gasteiger charge is 2.15. The van der Waals surface area contributed by atoms with Crippen LogP contribution in [0.25, 0.3) is 0 Å². The van der Waals surface area contributed by atoms with E-state index in [2.05, 4.69) is 10.0 Å². The third kappa shape index (κ3) is 5.02. The van der Waals surface area contributed by atoms with E-state index in [4.69, 9.17) is 0 Å². The van der Waals surface area contributed by atoms with Gasteiger partial charge in [0.25, 0.3) is 0 Å². The van der Waals surface area contributed by atoms with E-state index in [1.807, 2.05) is 0 Å². The number of nitrogens with one attached hydrogen (secondary N) is 1. The zero-order valence-electron chi connectivity index (χ0n) is 6.17. The Morgan fingerprint density at radius 1 is 1.50 bits per heavy atom. The van der Waals surface area contributed by atoms with Crippen molar-refractivity contribution in [2.75, 3.05) is 0 Å². The number of carbonyl (C=O) groups is 1. The van der Waals surface area contributed by atoms with Gasteiger partial charge in [-0.15, -0.1) is 4.91 Å². The van der Waals surface area contributed by atoms with Crippen molar-refractivity contribution in [3.63, 3.8) is 0 Å². The molecule has 0 unspecified atom stereocenters. The number of hydrogen-bond acceptors (Lipinski definition) is 4. The van der Waals surface area contributed by atoms with Crippen molar-refractivity contribution in [2.45, 2.75) is 26.4 Å². The van der Waals surface area contributed by atoms with Crippen molar-refractivity contribution in [3.8, 4) is 0 Å². The van der Waals surface area contributed by atoms with E-state index < -0.39 is 11.7 Å². The Morgan fingerprint density at radius 2 is 2.00 bits per heavy atom. The molecule has 0 spiro atoms. The topological polar surface area (TPSA) is 67.8 Å². The van der Waals surface area contributed by atoms with Crippen LogP contribution in [-0.2, 0) is 4.74 Å². The molecule has 0 aliphatic carbocycles. The van der Waals surface area contributed by atoms with Gasteiger partial charge in [-0.25, -0.2) is 4.79 Å². The van der Waals surface area contributed by atoms with E-state index >= 15 is 0 Å². The largest absolute Gasteiger partial charge is 0.443 e. The molecule has 0 aromatic heterocycles. The second-order valence-corrected chi connectivity index (χ2v) is 2.70. The molecule has 0 heterocycles. The van der Waals surface area contributed by atoms with Crippen LogP contribution in [0.5, 0.6) is 0 Å². The van der Waals surface area contributed by atoms with Crippen LogP contribution in [0.15, 0.2) is 5.29 Å². The van der Waals surface area contributed by atoms with Gasteiger partial charge in [-0.3, -0.25) is 0 Å². The fraction of sp³-hybridized carbons (Fsp3) is 0.800. The van der Waals surface area contributed by atoms with Crippen molar-refractivity contribution >= 4 is 6.09 Å². The molecule has 0 saturated carbocycles. The van der Waals surface area contributed by atoms with E-state index in [-0.39, 0.29) is 0 Å². The fourth-order valence-corrected chi connectivity index (χ4v) is 0.338. The van der Waals surface area contributed by atoms with Crippen molar-refractivity contribution in [3.05, 3.63) is 4.91 Å². The number of carbonyl (C=O) groups excluding carboxylic acids is 1. The average molecular weight is 146 g/mol. The Balaban J connectivity index is 3.68. The molecule has 0 aromatic carbocycles. The summed E-state index contributed by atoms with van der Waals surface area (Å²) in [4.78, 5) is 19.9. The van der Waals surface area contributed by atoms with Gasteiger partial charge in [0.15, 0.2) is 0 Å². The van der Waals surface area contributed by atoms with E-state index in [9.17, 15) is 9.70 Å². The van der Waals surface area contributed by atoms with Crippen LogP contribution in [0.1, 0.15) is 20.8 Å². The number of amides is 1. The van der Waals surface area contributed by atoms with Crippen molar-refractivity contribution < 1.29 is 9.53 Å². The first-order valence-electron chi connectivity index (χ1n) is 2.77. The maximum atomic E-state index is 10.4. The van der Waals surface area contributed by atoms with Gasteiger partial charge in [-0.1, -0.05) is 0 Å². The zero-order valence-corrected chi connectivity index (χ0v) is 6.17. The Bertz CT molecular complexity index is 138. The normalized spacial score (nSPS) is 10.3. The molecule has 58 valence electrons. The van der Waals surface area contributed by atoms with Gasteiger partial charge in [-0.05, 0) is 20.8 Å². The van der Waals surface area contributed by atoms with Crippen LogP contribution in [0.3, 0.4) is 0 Å². The quantitative estimate of drug-likeness (QED) is 0.446. The Labute approximate surface area is 58.7 Å². The number of nitroso groups, excluding NO2 is 1. The first kappa shape index (κ1) is 8.87. The SMILES string of the molecule is CC(C)(C)OC(=O)NN=O. The monoisotopic (exact) mass is 146 g/mol. The van der Waals surface area contributed by atoms with Crippen molar-refractivity contribution in [2.24, 2.45) is 5.29 Å². The summed E-state index contributed by atoms with van der Waals surface area (Å²) in [5.41, 5.74) is 1.02. The van der Waals surface area contributed by atoms with Gasteiger partial charge < -0.3 is 4.74 Å². The summed E-state index contributed by atoms with van der Waals surface area (Å²) in [6, 6.07) is 0. The number of rotatable bonds is 1. The summed E-state index contributed by atoms with van der Waals surface area (Å²) in [7, 11) is 0. The fourth-order valence-electron chi connectivity index (χ4n) is 0.338. The molecule has 10 heavy (non-hydrogen) atoms. The standard InChI is InChI=1S/C5H10N2O3/c1-5(2,3)10-4(8)6-7-9/h1-3H3,(H,6,8,9). The van der Waals surface area contributed by atoms with E-state index in [1.54, 1.807) is 26.2 Å². The molecule has 5 nitrogen and oxygen atoms in total. The van der Waals surface area contributed by atoms with Crippen LogP contribution >= 0.6 is 0 Å². The van der Waals surface area contributed by atoms with Crippen LogP contribution in [0.4, 0.5) is 4.79 Å². The van der Waals surface area contributed by atoms with Gasteiger partial charge in [-0.2, -0.15) is 5.43 Å². The summed E-state index contributed by atoms with van der Waals surface area (Å²) in [6.07, 6.45) is -0.831. The van der Waals surface area contributed by atoms with E-state index in [0.29, 0.717) is 0 Å². The molecular formula is C5H10N2O3. The summed E-state index contributed by atoms with van der Waals surface area (Å²) in [5, 5.41) is 2.15. The minimum atomic E-state index is -0.831. The summed E-state index contributed by atoms with van der Waals surface area (Å²) < 4.78 is 4.63. The highest BCUT2D eigenvalue weighted by molar-refractivity contribution is 5.67. The molecule has 0 aliphatic heterocycles. The molecule has 0 aliphatic rings. The van der Waals surface area contributed by atoms with Crippen LogP contribution in [0, 0.1) is 4.91 Å². The maximum Gasteiger partial charge on any atom is 0.430 e. The minimum Gasteiger partial charge on any atom is -0.443 e. The van der Waals surface area contributed by atoms with Crippen molar-refractivity contribution in [1.29, 1.82) is 0 Å². The third-order valence-corrected chi connectivity index (χ3v) is 0.536. The van der Waals surface area contributed by atoms with Gasteiger partial charge in [0.2, 0.25) is 0 Å². The lowest BCUT2D eigenvalue weighted by molar-refractivity contribution is 0.0528. The summed E-state index contributed by atoms with van der Waals surface area (Å²) in [5.74, 6) is 0. The van der Waals surface area contributed by atoms with E-state index in [1.165, 1.54) is 0 Å². The predicted molar refractivity (Wildman–Crippen MR) is 35.2 cm³/mol. The molecule has 0 atom stereocenters. The average Bonchev–Trinajstić information content (AvgIpc) is 1.59.